The fraction of sp³-hybridized carbons (Fsp3) is 0.455. The van der Waals surface area contributed by atoms with Gasteiger partial charge < -0.3 is 10.0 Å². The van der Waals surface area contributed by atoms with Crippen LogP contribution in [0.15, 0.2) is 18.2 Å². The summed E-state index contributed by atoms with van der Waals surface area (Å²) in [6.45, 7) is 2.33. The van der Waals surface area contributed by atoms with Crippen LogP contribution in [-0.2, 0) is 19.6 Å². The maximum absolute atomic E-state index is 8.98. The largest absolute Gasteiger partial charge is 0.392 e. The Kier molecular flexibility index (Phi) is 2.34. The summed E-state index contributed by atoms with van der Waals surface area (Å²) in [5, 5.41) is 8.98. The topological polar surface area (TPSA) is 23.5 Å². The van der Waals surface area contributed by atoms with Gasteiger partial charge in [-0.05, 0) is 30.2 Å². The number of nitrogens with zero attached hydrogens (tertiary/aromatic N) is 1. The van der Waals surface area contributed by atoms with E-state index in [4.69, 9.17) is 5.11 Å². The van der Waals surface area contributed by atoms with E-state index in [2.05, 4.69) is 24.1 Å². The molecule has 0 saturated carbocycles. The van der Waals surface area contributed by atoms with Crippen LogP contribution in [0.1, 0.15) is 16.7 Å². The molecule has 0 atom stereocenters. The second-order valence-electron chi connectivity index (χ2n) is 3.75. The third kappa shape index (κ3) is 1.74. The molecule has 0 saturated heterocycles. The summed E-state index contributed by atoms with van der Waals surface area (Å²) in [6.07, 6.45) is 1.11. The summed E-state index contributed by atoms with van der Waals surface area (Å²) >= 11 is 0. The zero-order valence-corrected chi connectivity index (χ0v) is 7.95. The van der Waals surface area contributed by atoms with Crippen LogP contribution in [0, 0.1) is 0 Å². The minimum absolute atomic E-state index is 0.156. The third-order valence-electron chi connectivity index (χ3n) is 2.66. The second kappa shape index (κ2) is 3.48. The maximum Gasteiger partial charge on any atom is 0.0681 e. The van der Waals surface area contributed by atoms with Crippen molar-refractivity contribution >= 4 is 0 Å². The van der Waals surface area contributed by atoms with Crippen LogP contribution in [0.25, 0.3) is 0 Å². The number of hydrogen-bond donors (Lipinski definition) is 1. The highest BCUT2D eigenvalue weighted by molar-refractivity contribution is 5.33. The Balaban J connectivity index is 2.31. The summed E-state index contributed by atoms with van der Waals surface area (Å²) < 4.78 is 0. The van der Waals surface area contributed by atoms with Crippen LogP contribution in [-0.4, -0.2) is 23.6 Å². The van der Waals surface area contributed by atoms with Crippen LogP contribution in [0.2, 0.25) is 0 Å². The molecule has 0 spiro atoms. The van der Waals surface area contributed by atoms with Crippen molar-refractivity contribution in [2.24, 2.45) is 0 Å². The van der Waals surface area contributed by atoms with Crippen LogP contribution < -0.4 is 0 Å². The fourth-order valence-electron chi connectivity index (χ4n) is 1.85. The van der Waals surface area contributed by atoms with Gasteiger partial charge in [-0.15, -0.1) is 0 Å². The normalized spacial score (nSPS) is 17.1. The molecular weight excluding hydrogens is 162 g/mol. The average Bonchev–Trinajstić information content (AvgIpc) is 2.17. The number of likely N-dealkylation sites (N-methyl/N-ethyl adjacent to an activating group) is 1. The zero-order chi connectivity index (χ0) is 9.26. The molecule has 2 rings (SSSR count). The SMILES string of the molecule is CN1CCc2cc(CO)ccc2C1. The summed E-state index contributed by atoms with van der Waals surface area (Å²) in [5.74, 6) is 0. The molecule has 0 aliphatic carbocycles. The number of hydrogen-bond acceptors (Lipinski definition) is 2. The molecule has 1 aromatic rings. The number of aliphatic hydroxyl groups is 1. The van der Waals surface area contributed by atoms with Crippen molar-refractivity contribution in [2.45, 2.75) is 19.6 Å². The molecule has 0 unspecified atom stereocenters. The molecule has 0 bridgehead atoms. The van der Waals surface area contributed by atoms with E-state index in [-0.39, 0.29) is 6.61 Å². The molecule has 0 fully saturated rings. The quantitative estimate of drug-likeness (QED) is 0.696. The van der Waals surface area contributed by atoms with E-state index in [1.165, 1.54) is 11.1 Å². The zero-order valence-electron chi connectivity index (χ0n) is 7.95. The highest BCUT2D eigenvalue weighted by atomic mass is 16.3. The second-order valence-corrected chi connectivity index (χ2v) is 3.75. The van der Waals surface area contributed by atoms with E-state index in [0.29, 0.717) is 0 Å². The predicted molar refractivity (Wildman–Crippen MR) is 52.4 cm³/mol. The van der Waals surface area contributed by atoms with Crippen molar-refractivity contribution in [2.75, 3.05) is 13.6 Å². The molecule has 2 nitrogen and oxygen atoms in total. The molecule has 1 aliphatic rings. The van der Waals surface area contributed by atoms with Gasteiger partial charge >= 0.3 is 0 Å². The maximum atomic E-state index is 8.98. The van der Waals surface area contributed by atoms with Crippen molar-refractivity contribution in [3.05, 3.63) is 34.9 Å². The van der Waals surface area contributed by atoms with E-state index in [9.17, 15) is 0 Å². The van der Waals surface area contributed by atoms with Gasteiger partial charge in [0.2, 0.25) is 0 Å². The van der Waals surface area contributed by atoms with Gasteiger partial charge in [0.15, 0.2) is 0 Å². The van der Waals surface area contributed by atoms with Gasteiger partial charge in [-0.25, -0.2) is 0 Å². The molecule has 1 N–H and O–H groups in total. The Hall–Kier alpha value is -0.860. The van der Waals surface area contributed by atoms with Gasteiger partial charge in [0.1, 0.15) is 0 Å². The molecule has 0 amide bonds. The first-order valence-corrected chi connectivity index (χ1v) is 4.69. The van der Waals surface area contributed by atoms with Crippen LogP contribution in [0.5, 0.6) is 0 Å². The average molecular weight is 177 g/mol. The Labute approximate surface area is 78.8 Å². The van der Waals surface area contributed by atoms with E-state index in [1.807, 2.05) is 6.07 Å². The van der Waals surface area contributed by atoms with Gasteiger partial charge in [0, 0.05) is 13.1 Å². The number of rotatable bonds is 1. The van der Waals surface area contributed by atoms with E-state index < -0.39 is 0 Å². The summed E-state index contributed by atoms with van der Waals surface area (Å²) in [6, 6.07) is 6.27. The van der Waals surface area contributed by atoms with Gasteiger partial charge in [-0.3, -0.25) is 0 Å². The van der Waals surface area contributed by atoms with Crippen LogP contribution in [0.3, 0.4) is 0 Å². The lowest BCUT2D eigenvalue weighted by atomic mass is 9.98. The lowest BCUT2D eigenvalue weighted by molar-refractivity contribution is 0.280. The third-order valence-corrected chi connectivity index (χ3v) is 2.66. The number of fused-ring (bicyclic) bond motifs is 1. The Bertz CT molecular complexity index is 309. The van der Waals surface area contributed by atoms with Crippen molar-refractivity contribution in [1.82, 2.24) is 4.90 Å². The molecule has 0 aromatic heterocycles. The Morgan fingerprint density at radius 1 is 1.38 bits per heavy atom. The summed E-state index contributed by atoms with van der Waals surface area (Å²) in [5.41, 5.74) is 3.85. The van der Waals surface area contributed by atoms with Crippen molar-refractivity contribution < 1.29 is 5.11 Å². The molecule has 2 heteroatoms. The van der Waals surface area contributed by atoms with Crippen molar-refractivity contribution in [3.8, 4) is 0 Å². The molecule has 70 valence electrons. The van der Waals surface area contributed by atoms with Gasteiger partial charge in [0.25, 0.3) is 0 Å². The van der Waals surface area contributed by atoms with E-state index >= 15 is 0 Å². The summed E-state index contributed by atoms with van der Waals surface area (Å²) in [4.78, 5) is 2.32. The minimum Gasteiger partial charge on any atom is -0.392 e. The number of aliphatic hydroxyl groups excluding tert-OH is 1. The van der Waals surface area contributed by atoms with Gasteiger partial charge in [-0.2, -0.15) is 0 Å². The first-order valence-electron chi connectivity index (χ1n) is 4.69. The smallest absolute Gasteiger partial charge is 0.0681 e. The fourth-order valence-corrected chi connectivity index (χ4v) is 1.85. The predicted octanol–water partition coefficient (Wildman–Crippen LogP) is 1.17. The summed E-state index contributed by atoms with van der Waals surface area (Å²) in [7, 11) is 2.14. The lowest BCUT2D eigenvalue weighted by Crippen LogP contribution is -2.26. The van der Waals surface area contributed by atoms with E-state index in [1.54, 1.807) is 0 Å². The molecule has 0 radical (unpaired) electrons. The Morgan fingerprint density at radius 3 is 3.00 bits per heavy atom. The standard InChI is InChI=1S/C11H15NO/c1-12-5-4-10-6-9(8-13)2-3-11(10)7-12/h2-3,6,13H,4-5,7-8H2,1H3. The molecule has 1 aromatic carbocycles. The highest BCUT2D eigenvalue weighted by Crippen LogP contribution is 2.19. The molecule has 1 aliphatic heterocycles. The Morgan fingerprint density at radius 2 is 2.23 bits per heavy atom. The first-order chi connectivity index (χ1) is 6.29. The minimum atomic E-state index is 0.156. The molecule has 13 heavy (non-hydrogen) atoms. The molecular formula is C11H15NO. The first kappa shape index (κ1) is 8.73. The van der Waals surface area contributed by atoms with Crippen molar-refractivity contribution in [1.29, 1.82) is 0 Å². The number of benzene rings is 1. The molecule has 1 heterocycles. The monoisotopic (exact) mass is 177 g/mol. The highest BCUT2D eigenvalue weighted by Gasteiger charge is 2.12. The van der Waals surface area contributed by atoms with Gasteiger partial charge in [-0.1, -0.05) is 18.2 Å². The van der Waals surface area contributed by atoms with Crippen molar-refractivity contribution in [3.63, 3.8) is 0 Å². The van der Waals surface area contributed by atoms with Crippen LogP contribution >= 0.6 is 0 Å². The van der Waals surface area contributed by atoms with Crippen LogP contribution in [0.4, 0.5) is 0 Å². The van der Waals surface area contributed by atoms with Gasteiger partial charge in [0.05, 0.1) is 6.61 Å². The van der Waals surface area contributed by atoms with E-state index in [0.717, 1.165) is 25.1 Å². The lowest BCUT2D eigenvalue weighted by Gasteiger charge is -2.25.